The van der Waals surface area contributed by atoms with Crippen LogP contribution < -0.4 is 10.5 Å². The van der Waals surface area contributed by atoms with Crippen LogP contribution in [0.4, 0.5) is 9.52 Å². The number of nitrogens with one attached hydrogen (secondary N) is 1. The fourth-order valence-electron chi connectivity index (χ4n) is 4.08. The molecular formula is C23H21ClFN5OS. The molecule has 4 aromatic rings. The van der Waals surface area contributed by atoms with Crippen molar-refractivity contribution in [3.8, 4) is 16.9 Å². The number of hydrogen-bond donors (Lipinski definition) is 2. The number of nitrogens with zero attached hydrogens (tertiary/aromatic N) is 3. The molecule has 1 aromatic carbocycles. The van der Waals surface area contributed by atoms with E-state index in [9.17, 15) is 4.39 Å². The number of pyridine rings is 1. The average molecular weight is 470 g/mol. The Labute approximate surface area is 193 Å². The van der Waals surface area contributed by atoms with E-state index in [-0.39, 0.29) is 5.82 Å². The first-order valence-electron chi connectivity index (χ1n) is 10.2. The molecule has 0 amide bonds. The zero-order valence-corrected chi connectivity index (χ0v) is 18.9. The molecule has 0 spiro atoms. The van der Waals surface area contributed by atoms with Gasteiger partial charge in [0.1, 0.15) is 22.4 Å². The number of benzene rings is 1. The molecule has 0 radical (unpaired) electrons. The van der Waals surface area contributed by atoms with Gasteiger partial charge < -0.3 is 15.5 Å². The molecule has 164 valence electrons. The van der Waals surface area contributed by atoms with Gasteiger partial charge in [-0.3, -0.25) is 4.90 Å². The van der Waals surface area contributed by atoms with Crippen molar-refractivity contribution in [2.45, 2.75) is 13.0 Å². The highest BCUT2D eigenvalue weighted by atomic mass is 35.5. The summed E-state index contributed by atoms with van der Waals surface area (Å²) >= 11 is 7.60. The summed E-state index contributed by atoms with van der Waals surface area (Å²) in [6, 6.07) is 8.51. The number of nitrogens with two attached hydrogens (primary N) is 1. The van der Waals surface area contributed by atoms with Gasteiger partial charge in [-0.1, -0.05) is 29.0 Å². The molecule has 3 N–H and O–H groups in total. The van der Waals surface area contributed by atoms with Crippen molar-refractivity contribution in [3.63, 3.8) is 0 Å². The number of aromatic amines is 1. The highest BCUT2D eigenvalue weighted by Gasteiger charge is 2.19. The molecule has 6 nitrogen and oxygen atoms in total. The number of nitrogen functional groups attached to an aromatic ring is 1. The predicted octanol–water partition coefficient (Wildman–Crippen LogP) is 5.36. The second-order valence-electron chi connectivity index (χ2n) is 7.63. The second kappa shape index (κ2) is 8.54. The molecule has 0 saturated carbocycles. The smallest absolute Gasteiger partial charge is 0.181 e. The lowest BCUT2D eigenvalue weighted by Crippen LogP contribution is -2.27. The minimum Gasteiger partial charge on any atom is -0.496 e. The molecule has 9 heteroatoms. The van der Waals surface area contributed by atoms with E-state index < -0.39 is 0 Å². The maximum absolute atomic E-state index is 14.0. The lowest BCUT2D eigenvalue weighted by atomic mass is 10.0. The van der Waals surface area contributed by atoms with Gasteiger partial charge in [0.2, 0.25) is 0 Å². The van der Waals surface area contributed by atoms with Crippen LogP contribution in [0.25, 0.3) is 27.7 Å². The van der Waals surface area contributed by atoms with Crippen LogP contribution >= 0.6 is 22.9 Å². The average Bonchev–Trinajstić information content (AvgIpc) is 3.36. The number of ether oxygens (including phenoxy) is 1. The van der Waals surface area contributed by atoms with E-state index in [2.05, 4.69) is 32.0 Å². The summed E-state index contributed by atoms with van der Waals surface area (Å²) in [6.45, 7) is 2.43. The van der Waals surface area contributed by atoms with Crippen LogP contribution in [0.15, 0.2) is 42.6 Å². The van der Waals surface area contributed by atoms with Gasteiger partial charge >= 0.3 is 0 Å². The second-order valence-corrected chi connectivity index (χ2v) is 9.10. The van der Waals surface area contributed by atoms with Crippen molar-refractivity contribution in [1.29, 1.82) is 0 Å². The van der Waals surface area contributed by atoms with Gasteiger partial charge in [-0.15, -0.1) is 0 Å². The third-order valence-corrected chi connectivity index (χ3v) is 6.95. The Balaban J connectivity index is 1.43. The van der Waals surface area contributed by atoms with Gasteiger partial charge in [0.05, 0.1) is 12.0 Å². The van der Waals surface area contributed by atoms with Gasteiger partial charge in [-0.05, 0) is 47.9 Å². The van der Waals surface area contributed by atoms with Gasteiger partial charge in [0.15, 0.2) is 5.13 Å². The van der Waals surface area contributed by atoms with Crippen molar-refractivity contribution in [2.24, 2.45) is 0 Å². The normalized spacial score (nSPS) is 14.7. The molecule has 0 saturated heterocycles. The van der Waals surface area contributed by atoms with Crippen LogP contribution in [0.5, 0.6) is 5.75 Å². The van der Waals surface area contributed by atoms with E-state index in [0.29, 0.717) is 21.6 Å². The number of fused-ring (bicyclic) bond motifs is 1. The SMILES string of the molecule is COc1ccc(F)cc1-c1ccnc2[nH]c(C3=CCN(Cc4sc(N)nc4Cl)CC3)cc12. The summed E-state index contributed by atoms with van der Waals surface area (Å²) in [4.78, 5) is 15.3. The first-order valence-corrected chi connectivity index (χ1v) is 11.4. The number of halogens is 2. The van der Waals surface area contributed by atoms with Crippen molar-refractivity contribution >= 4 is 44.7 Å². The summed E-state index contributed by atoms with van der Waals surface area (Å²) in [5.74, 6) is 0.316. The molecule has 3 aromatic heterocycles. The number of thiazole rings is 1. The number of rotatable bonds is 5. The van der Waals surface area contributed by atoms with E-state index in [1.54, 1.807) is 19.4 Å². The summed E-state index contributed by atoms with van der Waals surface area (Å²) in [5, 5.41) is 1.92. The van der Waals surface area contributed by atoms with Crippen molar-refractivity contribution < 1.29 is 9.13 Å². The third kappa shape index (κ3) is 3.97. The lowest BCUT2D eigenvalue weighted by Gasteiger charge is -2.25. The lowest BCUT2D eigenvalue weighted by molar-refractivity contribution is 0.296. The highest BCUT2D eigenvalue weighted by Crippen LogP contribution is 2.37. The Kier molecular flexibility index (Phi) is 5.58. The van der Waals surface area contributed by atoms with Crippen LogP contribution in [0.1, 0.15) is 17.0 Å². The molecule has 0 unspecified atom stereocenters. The van der Waals surface area contributed by atoms with E-state index in [0.717, 1.165) is 53.2 Å². The minimum absolute atomic E-state index is 0.306. The Morgan fingerprint density at radius 3 is 2.88 bits per heavy atom. The van der Waals surface area contributed by atoms with E-state index in [4.69, 9.17) is 22.1 Å². The van der Waals surface area contributed by atoms with Crippen LogP contribution in [0, 0.1) is 5.82 Å². The zero-order chi connectivity index (χ0) is 22.2. The van der Waals surface area contributed by atoms with Crippen LogP contribution in [-0.2, 0) is 6.54 Å². The van der Waals surface area contributed by atoms with Gasteiger partial charge in [0.25, 0.3) is 0 Å². The van der Waals surface area contributed by atoms with Gasteiger partial charge in [-0.2, -0.15) is 0 Å². The van der Waals surface area contributed by atoms with Crippen molar-refractivity contribution in [3.05, 3.63) is 64.1 Å². The van der Waals surface area contributed by atoms with Crippen molar-refractivity contribution in [1.82, 2.24) is 19.9 Å². The molecule has 5 rings (SSSR count). The largest absolute Gasteiger partial charge is 0.496 e. The fraction of sp³-hybridized carbons (Fsp3) is 0.217. The monoisotopic (exact) mass is 469 g/mol. The van der Waals surface area contributed by atoms with Crippen LogP contribution in [0.2, 0.25) is 5.15 Å². The first-order chi connectivity index (χ1) is 15.5. The van der Waals surface area contributed by atoms with Crippen molar-refractivity contribution in [2.75, 3.05) is 25.9 Å². The highest BCUT2D eigenvalue weighted by molar-refractivity contribution is 7.15. The summed E-state index contributed by atoms with van der Waals surface area (Å²) in [6.07, 6.45) is 4.83. The van der Waals surface area contributed by atoms with Crippen LogP contribution in [0.3, 0.4) is 0 Å². The Hall–Kier alpha value is -2.94. The minimum atomic E-state index is -0.306. The number of methoxy groups -OCH3 is 1. The molecular weight excluding hydrogens is 449 g/mol. The first kappa shape index (κ1) is 20.9. The zero-order valence-electron chi connectivity index (χ0n) is 17.4. The van der Waals surface area contributed by atoms with E-state index >= 15 is 0 Å². The molecule has 32 heavy (non-hydrogen) atoms. The fourth-order valence-corrected chi connectivity index (χ4v) is 5.16. The number of hydrogen-bond acceptors (Lipinski definition) is 6. The summed E-state index contributed by atoms with van der Waals surface area (Å²) < 4.78 is 19.4. The Morgan fingerprint density at radius 2 is 2.16 bits per heavy atom. The van der Waals surface area contributed by atoms with Gasteiger partial charge in [0, 0.05) is 42.5 Å². The quantitative estimate of drug-likeness (QED) is 0.411. The molecule has 0 atom stereocenters. The molecule has 0 aliphatic carbocycles. The molecule has 0 fully saturated rings. The Bertz CT molecular complexity index is 1330. The number of aromatic nitrogens is 3. The predicted molar refractivity (Wildman–Crippen MR) is 127 cm³/mol. The molecule has 1 aliphatic heterocycles. The number of anilines is 1. The molecule has 0 bridgehead atoms. The summed E-state index contributed by atoms with van der Waals surface area (Å²) in [5.41, 5.74) is 10.4. The van der Waals surface area contributed by atoms with Gasteiger partial charge in [-0.25, -0.2) is 14.4 Å². The standard InChI is InChI=1S/C23H21ClFN5OS/c1-31-19-3-2-14(25)10-16(19)15-4-7-27-22-17(15)11-18(28-22)13-5-8-30(9-6-13)12-20-21(24)29-23(26)32-20/h2-5,7,10-11H,6,8-9,12H2,1H3,(H2,26,29)(H,27,28). The van der Waals surface area contributed by atoms with Crippen LogP contribution in [-0.4, -0.2) is 40.1 Å². The Morgan fingerprint density at radius 1 is 1.28 bits per heavy atom. The van der Waals surface area contributed by atoms with E-state index in [1.807, 2.05) is 6.07 Å². The maximum atomic E-state index is 14.0. The molecule has 1 aliphatic rings. The number of H-pyrrole nitrogens is 1. The third-order valence-electron chi connectivity index (χ3n) is 5.66. The molecule has 4 heterocycles. The van der Waals surface area contributed by atoms with E-state index in [1.165, 1.54) is 29.0 Å². The topological polar surface area (TPSA) is 80.1 Å². The summed E-state index contributed by atoms with van der Waals surface area (Å²) in [7, 11) is 1.59. The maximum Gasteiger partial charge on any atom is 0.181 e.